The molecule has 0 radical (unpaired) electrons. The molecule has 0 aromatic heterocycles. The Labute approximate surface area is 110 Å². The number of amides is 1. The summed E-state index contributed by atoms with van der Waals surface area (Å²) in [5, 5.41) is 1.04. The zero-order valence-corrected chi connectivity index (χ0v) is 11.4. The second-order valence-corrected chi connectivity index (χ2v) is 5.10. The molecule has 0 spiro atoms. The Balaban J connectivity index is 2.12. The lowest BCUT2D eigenvalue weighted by Crippen LogP contribution is -2.35. The molecular formula is C13H16BrNO2. The molecule has 1 heterocycles. The molecule has 2 rings (SSSR count). The molecule has 0 aliphatic carbocycles. The fourth-order valence-electron chi connectivity index (χ4n) is 1.94. The van der Waals surface area contributed by atoms with Gasteiger partial charge in [-0.15, -0.1) is 0 Å². The first kappa shape index (κ1) is 12.4. The van der Waals surface area contributed by atoms with Gasteiger partial charge in [0.05, 0.1) is 5.92 Å². The number of alkyl halides is 1. The number of benzene rings is 1. The normalized spacial score (nSPS) is 18.2. The van der Waals surface area contributed by atoms with Crippen LogP contribution in [0.4, 0.5) is 0 Å². The lowest BCUT2D eigenvalue weighted by atomic mass is 9.96. The zero-order valence-electron chi connectivity index (χ0n) is 9.83. The van der Waals surface area contributed by atoms with E-state index < -0.39 is 0 Å². The number of hydrogen-bond acceptors (Lipinski definition) is 2. The van der Waals surface area contributed by atoms with Gasteiger partial charge in [-0.05, 0) is 37.8 Å². The van der Waals surface area contributed by atoms with E-state index in [-0.39, 0.29) is 11.8 Å². The summed E-state index contributed by atoms with van der Waals surface area (Å²) in [6.45, 7) is 1.89. The van der Waals surface area contributed by atoms with Crippen molar-refractivity contribution < 1.29 is 9.63 Å². The van der Waals surface area contributed by atoms with Gasteiger partial charge in [-0.25, -0.2) is 0 Å². The van der Waals surface area contributed by atoms with Crippen LogP contribution in [0, 0.1) is 0 Å². The number of unbranched alkanes of at least 4 members (excludes halogenated alkanes) is 1. The van der Waals surface area contributed by atoms with Crippen molar-refractivity contribution in [2.24, 2.45) is 0 Å². The summed E-state index contributed by atoms with van der Waals surface area (Å²) >= 11 is 3.43. The molecule has 1 aliphatic rings. The number of aryl methyl sites for hydroxylation is 1. The van der Waals surface area contributed by atoms with Crippen LogP contribution < -0.4 is 10.3 Å². The van der Waals surface area contributed by atoms with Crippen LogP contribution in [0.1, 0.15) is 36.8 Å². The average Bonchev–Trinajstić information content (AvgIpc) is 2.34. The van der Waals surface area contributed by atoms with Crippen LogP contribution >= 0.6 is 15.9 Å². The third kappa shape index (κ3) is 2.80. The summed E-state index contributed by atoms with van der Waals surface area (Å²) in [7, 11) is 0. The van der Waals surface area contributed by atoms with E-state index in [4.69, 9.17) is 4.84 Å². The Morgan fingerprint density at radius 1 is 1.41 bits per heavy atom. The molecule has 1 unspecified atom stereocenters. The van der Waals surface area contributed by atoms with Crippen molar-refractivity contribution in [3.63, 3.8) is 0 Å². The molecule has 1 amide bonds. The van der Waals surface area contributed by atoms with Gasteiger partial charge in [0, 0.05) is 10.9 Å². The van der Waals surface area contributed by atoms with Crippen LogP contribution in [0.25, 0.3) is 0 Å². The number of nitrogens with one attached hydrogen (secondary N) is 1. The molecule has 1 atom stereocenters. The van der Waals surface area contributed by atoms with Gasteiger partial charge in [0.2, 0.25) is 0 Å². The van der Waals surface area contributed by atoms with Crippen molar-refractivity contribution in [1.82, 2.24) is 5.48 Å². The third-order valence-electron chi connectivity index (χ3n) is 3.05. The Kier molecular flexibility index (Phi) is 4.05. The summed E-state index contributed by atoms with van der Waals surface area (Å²) in [4.78, 5) is 16.7. The first-order valence-electron chi connectivity index (χ1n) is 5.88. The first-order valence-corrected chi connectivity index (χ1v) is 7.00. The van der Waals surface area contributed by atoms with Crippen LogP contribution in [-0.2, 0) is 11.2 Å². The van der Waals surface area contributed by atoms with Crippen molar-refractivity contribution in [2.75, 3.05) is 5.33 Å². The minimum atomic E-state index is -0.129. The van der Waals surface area contributed by atoms with E-state index in [0.29, 0.717) is 0 Å². The topological polar surface area (TPSA) is 38.3 Å². The van der Waals surface area contributed by atoms with E-state index in [9.17, 15) is 4.79 Å². The lowest BCUT2D eigenvalue weighted by molar-refractivity contribution is -0.130. The second kappa shape index (κ2) is 5.54. The maximum absolute atomic E-state index is 11.4. The Hall–Kier alpha value is -1.03. The first-order chi connectivity index (χ1) is 8.22. The molecular weight excluding hydrogens is 282 g/mol. The molecule has 4 heteroatoms. The van der Waals surface area contributed by atoms with Crippen LogP contribution in [0.15, 0.2) is 18.2 Å². The maximum Gasteiger partial charge on any atom is 0.259 e. The predicted molar refractivity (Wildman–Crippen MR) is 70.4 cm³/mol. The summed E-state index contributed by atoms with van der Waals surface area (Å²) in [6.07, 6.45) is 3.38. The van der Waals surface area contributed by atoms with Gasteiger partial charge < -0.3 is 4.84 Å². The summed E-state index contributed by atoms with van der Waals surface area (Å²) in [6, 6.07) is 6.12. The van der Waals surface area contributed by atoms with Crippen molar-refractivity contribution in [2.45, 2.75) is 32.1 Å². The van der Waals surface area contributed by atoms with Gasteiger partial charge in [0.25, 0.3) is 5.91 Å². The minimum absolute atomic E-state index is 0.0791. The molecule has 1 aliphatic heterocycles. The standard InChI is InChI=1S/C13H16BrNO2/c1-9-11-6-5-10(4-2-3-7-14)8-12(11)17-15-13(9)16/h5-6,8-9H,2-4,7H2,1H3,(H,15,16). The Morgan fingerprint density at radius 2 is 2.24 bits per heavy atom. The minimum Gasteiger partial charge on any atom is -0.379 e. The number of rotatable bonds is 4. The van der Waals surface area contributed by atoms with Gasteiger partial charge >= 0.3 is 0 Å². The monoisotopic (exact) mass is 297 g/mol. The molecule has 1 N–H and O–H groups in total. The van der Waals surface area contributed by atoms with Crippen LogP contribution in [-0.4, -0.2) is 11.2 Å². The maximum atomic E-state index is 11.4. The highest BCUT2D eigenvalue weighted by Crippen LogP contribution is 2.31. The number of hydrogen-bond donors (Lipinski definition) is 1. The number of carbonyl (C=O) groups excluding carboxylic acids is 1. The number of halogens is 1. The van der Waals surface area contributed by atoms with Gasteiger partial charge in [0.1, 0.15) is 0 Å². The second-order valence-electron chi connectivity index (χ2n) is 4.31. The lowest BCUT2D eigenvalue weighted by Gasteiger charge is -2.22. The van der Waals surface area contributed by atoms with Gasteiger partial charge in [-0.1, -0.05) is 28.1 Å². The van der Waals surface area contributed by atoms with Crippen molar-refractivity contribution in [3.8, 4) is 5.75 Å². The number of hydroxylamine groups is 1. The Bertz CT molecular complexity index is 420. The molecule has 0 bridgehead atoms. The van der Waals surface area contributed by atoms with E-state index in [2.05, 4.69) is 27.5 Å². The van der Waals surface area contributed by atoms with Crippen LogP contribution in [0.2, 0.25) is 0 Å². The molecule has 92 valence electrons. The van der Waals surface area contributed by atoms with Crippen molar-refractivity contribution in [1.29, 1.82) is 0 Å². The highest BCUT2D eigenvalue weighted by atomic mass is 79.9. The molecule has 1 aromatic rings. The van der Waals surface area contributed by atoms with Gasteiger partial charge in [-0.3, -0.25) is 4.79 Å². The van der Waals surface area contributed by atoms with Crippen LogP contribution in [0.3, 0.4) is 0 Å². The zero-order chi connectivity index (χ0) is 12.3. The third-order valence-corrected chi connectivity index (χ3v) is 3.61. The van der Waals surface area contributed by atoms with Crippen molar-refractivity contribution >= 4 is 21.8 Å². The van der Waals surface area contributed by atoms with Crippen molar-refractivity contribution in [3.05, 3.63) is 29.3 Å². The summed E-state index contributed by atoms with van der Waals surface area (Å²) < 4.78 is 0. The molecule has 3 nitrogen and oxygen atoms in total. The SMILES string of the molecule is CC1C(=O)NOc2cc(CCCCBr)ccc21. The largest absolute Gasteiger partial charge is 0.379 e. The molecule has 1 aromatic carbocycles. The van der Waals surface area contributed by atoms with E-state index in [1.54, 1.807) is 0 Å². The smallest absolute Gasteiger partial charge is 0.259 e. The summed E-state index contributed by atoms with van der Waals surface area (Å²) in [5.41, 5.74) is 4.66. The summed E-state index contributed by atoms with van der Waals surface area (Å²) in [5.74, 6) is 0.577. The molecule has 0 saturated carbocycles. The fraction of sp³-hybridized carbons (Fsp3) is 0.462. The van der Waals surface area contributed by atoms with Gasteiger partial charge in [-0.2, -0.15) is 5.48 Å². The molecule has 17 heavy (non-hydrogen) atoms. The van der Waals surface area contributed by atoms with E-state index in [1.807, 2.05) is 19.1 Å². The van der Waals surface area contributed by atoms with Gasteiger partial charge in [0.15, 0.2) is 5.75 Å². The highest BCUT2D eigenvalue weighted by molar-refractivity contribution is 9.09. The molecule has 0 saturated heterocycles. The predicted octanol–water partition coefficient (Wildman–Crippen LogP) is 2.93. The number of fused-ring (bicyclic) bond motifs is 1. The van der Waals surface area contributed by atoms with Crippen LogP contribution in [0.5, 0.6) is 5.75 Å². The Morgan fingerprint density at radius 3 is 3.00 bits per heavy atom. The molecule has 0 fully saturated rings. The quantitative estimate of drug-likeness (QED) is 0.685. The average molecular weight is 298 g/mol. The number of carbonyl (C=O) groups is 1. The van der Waals surface area contributed by atoms with E-state index in [1.165, 1.54) is 12.0 Å². The highest BCUT2D eigenvalue weighted by Gasteiger charge is 2.25. The fourth-order valence-corrected chi connectivity index (χ4v) is 2.34. The van der Waals surface area contributed by atoms with E-state index in [0.717, 1.165) is 29.5 Å². The van der Waals surface area contributed by atoms with E-state index >= 15 is 0 Å².